The van der Waals surface area contributed by atoms with Gasteiger partial charge in [0.1, 0.15) is 0 Å². The highest BCUT2D eigenvalue weighted by Gasteiger charge is 2.24. The van der Waals surface area contributed by atoms with Crippen LogP contribution in [0.5, 0.6) is 0 Å². The van der Waals surface area contributed by atoms with Crippen LogP contribution in [-0.4, -0.2) is 28.6 Å². The Labute approximate surface area is 93.1 Å². The molecule has 0 aliphatic heterocycles. The maximum atomic E-state index is 5.40. The topological polar surface area (TPSA) is 15.3 Å². The van der Waals surface area contributed by atoms with Crippen LogP contribution in [-0.2, 0) is 0 Å². The van der Waals surface area contributed by atoms with Gasteiger partial charge in [0, 0.05) is 18.6 Å². The van der Waals surface area contributed by atoms with Crippen LogP contribution < -0.4 is 5.32 Å². The van der Waals surface area contributed by atoms with Crippen molar-refractivity contribution in [2.45, 2.75) is 52.6 Å². The van der Waals surface area contributed by atoms with Crippen molar-refractivity contribution in [3.8, 4) is 0 Å². The van der Waals surface area contributed by atoms with Crippen LogP contribution in [0.4, 0.5) is 0 Å². The second kappa shape index (κ2) is 4.96. The Kier molecular flexibility index (Phi) is 4.17. The Morgan fingerprint density at radius 2 is 1.93 bits per heavy atom. The molecule has 0 saturated heterocycles. The van der Waals surface area contributed by atoms with E-state index in [-0.39, 0.29) is 0 Å². The van der Waals surface area contributed by atoms with Crippen LogP contribution in [0.15, 0.2) is 0 Å². The number of thiocarbonyl (C=S) groups is 1. The monoisotopic (exact) mass is 214 g/mol. The molecule has 1 saturated carbocycles. The first-order chi connectivity index (χ1) is 6.50. The molecule has 3 heteroatoms. The molecule has 0 aromatic carbocycles. The fourth-order valence-corrected chi connectivity index (χ4v) is 1.86. The van der Waals surface area contributed by atoms with Crippen molar-refractivity contribution in [3.63, 3.8) is 0 Å². The molecular weight excluding hydrogens is 192 g/mol. The minimum atomic E-state index is 0.496. The van der Waals surface area contributed by atoms with E-state index in [0.29, 0.717) is 18.0 Å². The molecule has 0 bridgehead atoms. The Morgan fingerprint density at radius 3 is 2.29 bits per heavy atom. The fraction of sp³-hybridized carbons (Fsp3) is 0.909. The van der Waals surface area contributed by atoms with E-state index in [1.165, 1.54) is 12.8 Å². The van der Waals surface area contributed by atoms with Gasteiger partial charge in [-0.3, -0.25) is 0 Å². The standard InChI is InChI=1S/C11H22N2S/c1-8(2)7-13(9(3)4)11(14)12-10-5-6-10/h8-10H,5-7H2,1-4H3,(H,12,14). The van der Waals surface area contributed by atoms with Gasteiger partial charge in [-0.1, -0.05) is 13.8 Å². The number of nitrogens with one attached hydrogen (secondary N) is 1. The van der Waals surface area contributed by atoms with E-state index in [9.17, 15) is 0 Å². The first-order valence-electron chi connectivity index (χ1n) is 5.57. The van der Waals surface area contributed by atoms with Gasteiger partial charge in [0.25, 0.3) is 0 Å². The maximum absolute atomic E-state index is 5.40. The third-order valence-corrected chi connectivity index (χ3v) is 2.70. The van der Waals surface area contributed by atoms with Crippen molar-refractivity contribution in [1.82, 2.24) is 10.2 Å². The zero-order chi connectivity index (χ0) is 10.7. The highest BCUT2D eigenvalue weighted by molar-refractivity contribution is 7.80. The zero-order valence-electron chi connectivity index (χ0n) is 9.71. The molecule has 1 fully saturated rings. The quantitative estimate of drug-likeness (QED) is 0.723. The van der Waals surface area contributed by atoms with Crippen LogP contribution in [0.3, 0.4) is 0 Å². The molecule has 0 radical (unpaired) electrons. The average molecular weight is 214 g/mol. The molecule has 0 unspecified atom stereocenters. The largest absolute Gasteiger partial charge is 0.360 e. The Bertz CT molecular complexity index is 197. The van der Waals surface area contributed by atoms with E-state index in [4.69, 9.17) is 12.2 Å². The van der Waals surface area contributed by atoms with Crippen molar-refractivity contribution < 1.29 is 0 Å². The third kappa shape index (κ3) is 3.82. The molecule has 1 aliphatic carbocycles. The molecule has 2 nitrogen and oxygen atoms in total. The van der Waals surface area contributed by atoms with Gasteiger partial charge in [0.15, 0.2) is 5.11 Å². The second-order valence-electron chi connectivity index (χ2n) is 4.86. The molecule has 14 heavy (non-hydrogen) atoms. The first-order valence-corrected chi connectivity index (χ1v) is 5.98. The summed E-state index contributed by atoms with van der Waals surface area (Å²) in [4.78, 5) is 2.29. The van der Waals surface area contributed by atoms with Crippen molar-refractivity contribution in [2.24, 2.45) is 5.92 Å². The van der Waals surface area contributed by atoms with E-state index in [1.807, 2.05) is 0 Å². The molecule has 0 aromatic rings. The fourth-order valence-electron chi connectivity index (χ4n) is 1.41. The summed E-state index contributed by atoms with van der Waals surface area (Å²) in [5.74, 6) is 0.663. The number of rotatable bonds is 4. The van der Waals surface area contributed by atoms with E-state index in [2.05, 4.69) is 37.9 Å². The number of hydrogen-bond acceptors (Lipinski definition) is 1. The van der Waals surface area contributed by atoms with E-state index >= 15 is 0 Å². The summed E-state index contributed by atoms with van der Waals surface area (Å²) in [5, 5.41) is 4.34. The van der Waals surface area contributed by atoms with Gasteiger partial charge < -0.3 is 10.2 Å². The maximum Gasteiger partial charge on any atom is 0.169 e. The normalized spacial score (nSPS) is 16.1. The van der Waals surface area contributed by atoms with Crippen molar-refractivity contribution in [2.75, 3.05) is 6.54 Å². The molecule has 0 atom stereocenters. The van der Waals surface area contributed by atoms with Crippen LogP contribution in [0.2, 0.25) is 0 Å². The van der Waals surface area contributed by atoms with Crippen molar-refractivity contribution >= 4 is 17.3 Å². The van der Waals surface area contributed by atoms with Crippen LogP contribution >= 0.6 is 12.2 Å². The van der Waals surface area contributed by atoms with E-state index < -0.39 is 0 Å². The lowest BCUT2D eigenvalue weighted by atomic mass is 10.2. The van der Waals surface area contributed by atoms with Crippen molar-refractivity contribution in [3.05, 3.63) is 0 Å². The lowest BCUT2D eigenvalue weighted by Gasteiger charge is -2.31. The highest BCUT2D eigenvalue weighted by atomic mass is 32.1. The van der Waals surface area contributed by atoms with Gasteiger partial charge >= 0.3 is 0 Å². The second-order valence-corrected chi connectivity index (χ2v) is 5.25. The molecule has 0 aromatic heterocycles. The predicted molar refractivity (Wildman–Crippen MR) is 65.4 cm³/mol. The Hall–Kier alpha value is -0.310. The lowest BCUT2D eigenvalue weighted by molar-refractivity contribution is 0.307. The molecule has 0 heterocycles. The highest BCUT2D eigenvalue weighted by Crippen LogP contribution is 2.19. The van der Waals surface area contributed by atoms with Crippen LogP contribution in [0, 0.1) is 5.92 Å². The van der Waals surface area contributed by atoms with E-state index in [0.717, 1.165) is 11.7 Å². The average Bonchev–Trinajstić information content (AvgIpc) is 2.82. The van der Waals surface area contributed by atoms with Gasteiger partial charge in [-0.2, -0.15) is 0 Å². The van der Waals surface area contributed by atoms with Gasteiger partial charge in [0.05, 0.1) is 0 Å². The van der Waals surface area contributed by atoms with E-state index in [1.54, 1.807) is 0 Å². The molecule has 1 rings (SSSR count). The summed E-state index contributed by atoms with van der Waals surface area (Å²) in [6.45, 7) is 9.91. The molecule has 0 spiro atoms. The van der Waals surface area contributed by atoms with Crippen molar-refractivity contribution in [1.29, 1.82) is 0 Å². The Morgan fingerprint density at radius 1 is 1.36 bits per heavy atom. The smallest absolute Gasteiger partial charge is 0.169 e. The SMILES string of the molecule is CC(C)CN(C(=S)NC1CC1)C(C)C. The summed E-state index contributed by atoms with van der Waals surface area (Å²) < 4.78 is 0. The number of nitrogens with zero attached hydrogens (tertiary/aromatic N) is 1. The minimum absolute atomic E-state index is 0.496. The summed E-state index contributed by atoms with van der Waals surface area (Å²) >= 11 is 5.40. The first kappa shape index (κ1) is 11.8. The van der Waals surface area contributed by atoms with Crippen LogP contribution in [0.25, 0.3) is 0 Å². The number of hydrogen-bond donors (Lipinski definition) is 1. The molecule has 1 N–H and O–H groups in total. The predicted octanol–water partition coefficient (Wildman–Crippen LogP) is 2.39. The minimum Gasteiger partial charge on any atom is -0.360 e. The van der Waals surface area contributed by atoms with Gasteiger partial charge in [-0.05, 0) is 44.8 Å². The molecule has 0 amide bonds. The molecular formula is C11H22N2S. The summed E-state index contributed by atoms with van der Waals surface area (Å²) in [7, 11) is 0. The van der Waals surface area contributed by atoms with Gasteiger partial charge in [-0.15, -0.1) is 0 Å². The summed E-state index contributed by atoms with van der Waals surface area (Å²) in [6.07, 6.45) is 2.57. The van der Waals surface area contributed by atoms with Gasteiger partial charge in [-0.25, -0.2) is 0 Å². The zero-order valence-corrected chi connectivity index (χ0v) is 10.5. The third-order valence-electron chi connectivity index (χ3n) is 2.35. The lowest BCUT2D eigenvalue weighted by Crippen LogP contribution is -2.46. The summed E-state index contributed by atoms with van der Waals surface area (Å²) in [5.41, 5.74) is 0. The van der Waals surface area contributed by atoms with Gasteiger partial charge in [0.2, 0.25) is 0 Å². The Balaban J connectivity index is 2.42. The molecule has 82 valence electrons. The van der Waals surface area contributed by atoms with Crippen LogP contribution in [0.1, 0.15) is 40.5 Å². The molecule has 1 aliphatic rings. The summed E-state index contributed by atoms with van der Waals surface area (Å²) in [6, 6.07) is 1.16.